The number of carbonyl (C=O) groups is 1. The first-order valence-corrected chi connectivity index (χ1v) is 8.26. The van der Waals surface area contributed by atoms with Gasteiger partial charge >= 0.3 is 0 Å². The smallest absolute Gasteiger partial charge is 0.251 e. The van der Waals surface area contributed by atoms with Crippen molar-refractivity contribution in [3.05, 3.63) is 83.7 Å². The highest BCUT2D eigenvalue weighted by atomic mass is 19.1. The van der Waals surface area contributed by atoms with E-state index in [1.54, 1.807) is 36.8 Å². The first-order chi connectivity index (χ1) is 12.6. The van der Waals surface area contributed by atoms with Gasteiger partial charge in [0.05, 0.1) is 19.5 Å². The molecular formula is C20H20FN3O2. The lowest BCUT2D eigenvalue weighted by Gasteiger charge is -2.15. The third-order valence-corrected chi connectivity index (χ3v) is 4.16. The summed E-state index contributed by atoms with van der Waals surface area (Å²) in [7, 11) is 1.42. The Kier molecular flexibility index (Phi) is 5.31. The molecule has 0 aliphatic carbocycles. The molecule has 1 amide bonds. The average molecular weight is 353 g/mol. The molecule has 0 bridgehead atoms. The number of imidazole rings is 1. The average Bonchev–Trinajstić information content (AvgIpc) is 3.15. The van der Waals surface area contributed by atoms with Gasteiger partial charge in [0, 0.05) is 24.5 Å². The van der Waals surface area contributed by atoms with Gasteiger partial charge in [0.25, 0.3) is 5.91 Å². The van der Waals surface area contributed by atoms with Gasteiger partial charge in [-0.15, -0.1) is 0 Å². The Morgan fingerprint density at radius 1 is 1.27 bits per heavy atom. The standard InChI is InChI=1S/C20H20FN3O2/c1-14(17-7-8-19(26-2)18(21)11-17)23-20(25)16-5-3-15(4-6-16)12-24-10-9-22-13-24/h3-11,13-14H,12H2,1-2H3,(H,23,25). The largest absolute Gasteiger partial charge is 0.494 e. The molecule has 134 valence electrons. The Balaban J connectivity index is 1.64. The van der Waals surface area contributed by atoms with Gasteiger partial charge in [-0.3, -0.25) is 4.79 Å². The van der Waals surface area contributed by atoms with Crippen LogP contribution in [0, 0.1) is 5.82 Å². The molecule has 1 unspecified atom stereocenters. The molecule has 1 atom stereocenters. The van der Waals surface area contributed by atoms with Gasteiger partial charge in [0.2, 0.25) is 0 Å². The van der Waals surface area contributed by atoms with Crippen molar-refractivity contribution in [1.29, 1.82) is 0 Å². The molecule has 0 saturated carbocycles. The number of rotatable bonds is 6. The highest BCUT2D eigenvalue weighted by Gasteiger charge is 2.13. The minimum Gasteiger partial charge on any atom is -0.494 e. The molecule has 5 nitrogen and oxygen atoms in total. The summed E-state index contributed by atoms with van der Waals surface area (Å²) in [6.07, 6.45) is 5.36. The first-order valence-electron chi connectivity index (χ1n) is 8.26. The van der Waals surface area contributed by atoms with Gasteiger partial charge in [0.15, 0.2) is 11.6 Å². The van der Waals surface area contributed by atoms with Crippen LogP contribution in [0.15, 0.2) is 61.2 Å². The van der Waals surface area contributed by atoms with Crippen LogP contribution in [0.3, 0.4) is 0 Å². The number of aromatic nitrogens is 2. The van der Waals surface area contributed by atoms with Crippen LogP contribution in [0.1, 0.15) is 34.5 Å². The number of benzene rings is 2. The second-order valence-corrected chi connectivity index (χ2v) is 6.02. The van der Waals surface area contributed by atoms with Gasteiger partial charge in [-0.1, -0.05) is 18.2 Å². The lowest BCUT2D eigenvalue weighted by atomic mass is 10.1. The molecule has 0 aliphatic rings. The van der Waals surface area contributed by atoms with E-state index in [4.69, 9.17) is 4.74 Å². The number of amides is 1. The number of nitrogens with zero attached hydrogens (tertiary/aromatic N) is 2. The van der Waals surface area contributed by atoms with E-state index in [9.17, 15) is 9.18 Å². The molecule has 2 aromatic carbocycles. The molecule has 0 radical (unpaired) electrons. The summed E-state index contributed by atoms with van der Waals surface area (Å²) in [5, 5.41) is 2.88. The first kappa shape index (κ1) is 17.7. The van der Waals surface area contributed by atoms with Crippen LogP contribution in [0.5, 0.6) is 5.75 Å². The number of methoxy groups -OCH3 is 1. The second-order valence-electron chi connectivity index (χ2n) is 6.02. The zero-order valence-electron chi connectivity index (χ0n) is 14.6. The van der Waals surface area contributed by atoms with E-state index in [2.05, 4.69) is 10.3 Å². The van der Waals surface area contributed by atoms with E-state index in [-0.39, 0.29) is 17.7 Å². The molecule has 1 heterocycles. The Bertz CT molecular complexity index is 877. The minimum absolute atomic E-state index is 0.181. The summed E-state index contributed by atoms with van der Waals surface area (Å²) in [5.74, 6) is -0.474. The van der Waals surface area contributed by atoms with Crippen molar-refractivity contribution in [2.45, 2.75) is 19.5 Å². The number of carbonyl (C=O) groups excluding carboxylic acids is 1. The van der Waals surface area contributed by atoms with E-state index in [1.807, 2.05) is 29.8 Å². The van der Waals surface area contributed by atoms with Crippen molar-refractivity contribution < 1.29 is 13.9 Å². The minimum atomic E-state index is -0.449. The molecule has 0 spiro atoms. The molecule has 3 aromatic rings. The Morgan fingerprint density at radius 2 is 2.04 bits per heavy atom. The fourth-order valence-corrected chi connectivity index (χ4v) is 2.67. The molecular weight excluding hydrogens is 333 g/mol. The normalized spacial score (nSPS) is 11.8. The number of ether oxygens (including phenoxy) is 1. The van der Waals surface area contributed by atoms with E-state index < -0.39 is 5.82 Å². The summed E-state index contributed by atoms with van der Waals surface area (Å²) in [6, 6.07) is 11.7. The van der Waals surface area contributed by atoms with Gasteiger partial charge in [0.1, 0.15) is 0 Å². The molecule has 0 aliphatic heterocycles. The molecule has 3 rings (SSSR count). The monoisotopic (exact) mass is 353 g/mol. The SMILES string of the molecule is COc1ccc(C(C)NC(=O)c2ccc(Cn3ccnc3)cc2)cc1F. The van der Waals surface area contributed by atoms with Crippen LogP contribution in [0.4, 0.5) is 4.39 Å². The Hall–Kier alpha value is -3.15. The van der Waals surface area contributed by atoms with Crippen LogP contribution in [0.25, 0.3) is 0 Å². The van der Waals surface area contributed by atoms with Crippen molar-refractivity contribution in [2.24, 2.45) is 0 Å². The molecule has 1 aromatic heterocycles. The summed E-state index contributed by atoms with van der Waals surface area (Å²) < 4.78 is 20.7. The Morgan fingerprint density at radius 3 is 2.65 bits per heavy atom. The van der Waals surface area contributed by atoms with Crippen molar-refractivity contribution in [3.8, 4) is 5.75 Å². The van der Waals surface area contributed by atoms with Crippen LogP contribution < -0.4 is 10.1 Å². The van der Waals surface area contributed by atoms with Gasteiger partial charge in [-0.2, -0.15) is 0 Å². The third-order valence-electron chi connectivity index (χ3n) is 4.16. The second kappa shape index (κ2) is 7.82. The lowest BCUT2D eigenvalue weighted by molar-refractivity contribution is 0.0940. The maximum atomic E-state index is 13.8. The summed E-state index contributed by atoms with van der Waals surface area (Å²) in [5.41, 5.74) is 2.30. The summed E-state index contributed by atoms with van der Waals surface area (Å²) in [6.45, 7) is 2.51. The highest BCUT2D eigenvalue weighted by Crippen LogP contribution is 2.22. The maximum Gasteiger partial charge on any atom is 0.251 e. The molecule has 0 saturated heterocycles. The van der Waals surface area contributed by atoms with Crippen LogP contribution in [-0.4, -0.2) is 22.6 Å². The van der Waals surface area contributed by atoms with E-state index in [0.717, 1.165) is 5.56 Å². The molecule has 0 fully saturated rings. The van der Waals surface area contributed by atoms with Gasteiger partial charge in [-0.25, -0.2) is 9.37 Å². The summed E-state index contributed by atoms with van der Waals surface area (Å²) >= 11 is 0. The zero-order valence-corrected chi connectivity index (χ0v) is 14.6. The highest BCUT2D eigenvalue weighted by molar-refractivity contribution is 5.94. The van der Waals surface area contributed by atoms with E-state index >= 15 is 0 Å². The number of hydrogen-bond donors (Lipinski definition) is 1. The fourth-order valence-electron chi connectivity index (χ4n) is 2.67. The van der Waals surface area contributed by atoms with Crippen LogP contribution >= 0.6 is 0 Å². The quantitative estimate of drug-likeness (QED) is 0.737. The van der Waals surface area contributed by atoms with E-state index in [0.29, 0.717) is 17.7 Å². The fraction of sp³-hybridized carbons (Fsp3) is 0.200. The molecule has 1 N–H and O–H groups in total. The molecule has 26 heavy (non-hydrogen) atoms. The van der Waals surface area contributed by atoms with Crippen molar-refractivity contribution in [2.75, 3.05) is 7.11 Å². The van der Waals surface area contributed by atoms with Crippen molar-refractivity contribution in [3.63, 3.8) is 0 Å². The predicted octanol–water partition coefficient (Wildman–Crippen LogP) is 3.57. The van der Waals surface area contributed by atoms with Crippen molar-refractivity contribution >= 4 is 5.91 Å². The lowest BCUT2D eigenvalue weighted by Crippen LogP contribution is -2.26. The van der Waals surface area contributed by atoms with Crippen LogP contribution in [-0.2, 0) is 6.54 Å². The topological polar surface area (TPSA) is 56.1 Å². The van der Waals surface area contributed by atoms with E-state index in [1.165, 1.54) is 13.2 Å². The van der Waals surface area contributed by atoms with Crippen molar-refractivity contribution in [1.82, 2.24) is 14.9 Å². The van der Waals surface area contributed by atoms with Crippen LogP contribution in [0.2, 0.25) is 0 Å². The number of hydrogen-bond acceptors (Lipinski definition) is 3. The molecule has 6 heteroatoms. The Labute approximate surface area is 151 Å². The summed E-state index contributed by atoms with van der Waals surface area (Å²) in [4.78, 5) is 16.4. The number of nitrogens with one attached hydrogen (secondary N) is 1. The zero-order chi connectivity index (χ0) is 18.5. The maximum absolute atomic E-state index is 13.8. The number of halogens is 1. The third kappa shape index (κ3) is 4.08. The van der Waals surface area contributed by atoms with Gasteiger partial charge in [-0.05, 0) is 42.3 Å². The van der Waals surface area contributed by atoms with Gasteiger partial charge < -0.3 is 14.6 Å². The predicted molar refractivity (Wildman–Crippen MR) is 96.6 cm³/mol.